The maximum Gasteiger partial charge on any atom is 0.238 e. The average molecular weight is 205 g/mol. The highest BCUT2D eigenvalue weighted by molar-refractivity contribution is 5.34. The fourth-order valence-electron chi connectivity index (χ4n) is 1.16. The molecule has 0 radical (unpaired) electrons. The number of ether oxygens (including phenoxy) is 1. The molecule has 1 aromatic rings. The van der Waals surface area contributed by atoms with Crippen LogP contribution in [0.25, 0.3) is 0 Å². The summed E-state index contributed by atoms with van der Waals surface area (Å²) in [5.41, 5.74) is 0.876. The molecule has 3 heteroatoms. The Bertz CT molecular complexity index is 329. The summed E-state index contributed by atoms with van der Waals surface area (Å²) in [4.78, 5) is 13.9. The molecule has 0 fully saturated rings. The lowest BCUT2D eigenvalue weighted by atomic mass is 10.2. The normalized spacial score (nSPS) is 12.2. The molecule has 0 amide bonds. The van der Waals surface area contributed by atoms with Gasteiger partial charge in [0.15, 0.2) is 6.23 Å². The van der Waals surface area contributed by atoms with E-state index in [1.807, 2.05) is 44.2 Å². The van der Waals surface area contributed by atoms with Crippen LogP contribution < -0.4 is 0 Å². The van der Waals surface area contributed by atoms with Gasteiger partial charge in [0.25, 0.3) is 0 Å². The minimum Gasteiger partial charge on any atom is -0.351 e. The molecule has 15 heavy (non-hydrogen) atoms. The number of aliphatic imine (C=N–C) groups is 1. The van der Waals surface area contributed by atoms with E-state index in [0.717, 1.165) is 5.56 Å². The van der Waals surface area contributed by atoms with Crippen LogP contribution in [0.15, 0.2) is 35.3 Å². The molecular formula is C12H15NO2. The van der Waals surface area contributed by atoms with Crippen LogP contribution in [-0.4, -0.2) is 12.7 Å². The second-order valence-electron chi connectivity index (χ2n) is 3.71. The lowest BCUT2D eigenvalue weighted by Gasteiger charge is -2.13. The number of hydrogen-bond acceptors (Lipinski definition) is 3. The number of hydrogen-bond donors (Lipinski definition) is 0. The second-order valence-corrected chi connectivity index (χ2v) is 3.71. The van der Waals surface area contributed by atoms with Crippen LogP contribution in [0.1, 0.15) is 25.6 Å². The lowest BCUT2D eigenvalue weighted by Crippen LogP contribution is -2.07. The fraction of sp³-hybridized carbons (Fsp3) is 0.417. The van der Waals surface area contributed by atoms with E-state index >= 15 is 0 Å². The third kappa shape index (κ3) is 4.07. The molecule has 0 heterocycles. The molecule has 1 atom stereocenters. The highest BCUT2D eigenvalue weighted by Gasteiger charge is 2.10. The van der Waals surface area contributed by atoms with Crippen molar-refractivity contribution in [1.29, 1.82) is 0 Å². The van der Waals surface area contributed by atoms with Crippen molar-refractivity contribution in [3.63, 3.8) is 0 Å². The molecule has 0 aliphatic rings. The van der Waals surface area contributed by atoms with Gasteiger partial charge in [0.05, 0.1) is 6.61 Å². The average Bonchev–Trinajstić information content (AvgIpc) is 2.25. The highest BCUT2D eigenvalue weighted by atomic mass is 16.5. The van der Waals surface area contributed by atoms with E-state index in [9.17, 15) is 4.79 Å². The maximum atomic E-state index is 10.3. The van der Waals surface area contributed by atoms with Crippen LogP contribution >= 0.6 is 0 Å². The summed E-state index contributed by atoms with van der Waals surface area (Å²) in [6.07, 6.45) is 1.02. The Labute approximate surface area is 89.8 Å². The van der Waals surface area contributed by atoms with E-state index in [-0.39, 0.29) is 0 Å². The quantitative estimate of drug-likeness (QED) is 0.547. The molecule has 0 aromatic heterocycles. The lowest BCUT2D eigenvalue weighted by molar-refractivity contribution is 0.0408. The van der Waals surface area contributed by atoms with Crippen molar-refractivity contribution in [2.45, 2.75) is 20.1 Å². The van der Waals surface area contributed by atoms with Crippen molar-refractivity contribution in [3.8, 4) is 0 Å². The molecule has 0 aliphatic carbocycles. The number of benzene rings is 1. The minimum atomic E-state index is -0.522. The first-order valence-electron chi connectivity index (χ1n) is 4.97. The molecule has 0 saturated carbocycles. The van der Waals surface area contributed by atoms with Gasteiger partial charge in [0.2, 0.25) is 6.08 Å². The zero-order chi connectivity index (χ0) is 11.1. The fourth-order valence-corrected chi connectivity index (χ4v) is 1.16. The van der Waals surface area contributed by atoms with Crippen LogP contribution in [0.4, 0.5) is 0 Å². The molecule has 0 N–H and O–H groups in total. The standard InChI is InChI=1S/C12H15NO2/c1-10(2)8-15-12(13-9-14)11-6-4-3-5-7-11/h3-7,10,12H,8H2,1-2H3. The first-order chi connectivity index (χ1) is 7.24. The largest absolute Gasteiger partial charge is 0.351 e. The van der Waals surface area contributed by atoms with E-state index in [1.165, 1.54) is 0 Å². The van der Waals surface area contributed by atoms with Gasteiger partial charge in [-0.3, -0.25) is 0 Å². The van der Waals surface area contributed by atoms with Crippen molar-refractivity contribution in [2.75, 3.05) is 6.61 Å². The zero-order valence-electron chi connectivity index (χ0n) is 9.01. The first-order valence-corrected chi connectivity index (χ1v) is 4.97. The van der Waals surface area contributed by atoms with Crippen molar-refractivity contribution >= 4 is 6.08 Å². The Morgan fingerprint density at radius 2 is 2.00 bits per heavy atom. The van der Waals surface area contributed by atoms with Crippen LogP contribution in [0.2, 0.25) is 0 Å². The first kappa shape index (κ1) is 11.6. The van der Waals surface area contributed by atoms with E-state index in [4.69, 9.17) is 4.74 Å². The third-order valence-corrected chi connectivity index (χ3v) is 1.84. The van der Waals surface area contributed by atoms with Gasteiger partial charge in [-0.05, 0) is 5.92 Å². The van der Waals surface area contributed by atoms with Gasteiger partial charge in [-0.25, -0.2) is 4.79 Å². The number of isocyanates is 1. The Kier molecular flexibility index (Phi) is 4.75. The van der Waals surface area contributed by atoms with Gasteiger partial charge in [-0.2, -0.15) is 4.99 Å². The van der Waals surface area contributed by atoms with E-state index in [0.29, 0.717) is 12.5 Å². The van der Waals surface area contributed by atoms with Gasteiger partial charge >= 0.3 is 0 Å². The zero-order valence-corrected chi connectivity index (χ0v) is 9.01. The van der Waals surface area contributed by atoms with Gasteiger partial charge in [0, 0.05) is 5.56 Å². The Hall–Kier alpha value is -1.44. The van der Waals surface area contributed by atoms with E-state index < -0.39 is 6.23 Å². The van der Waals surface area contributed by atoms with Crippen LogP contribution in [0.3, 0.4) is 0 Å². The summed E-state index contributed by atoms with van der Waals surface area (Å²) in [7, 11) is 0. The van der Waals surface area contributed by atoms with Gasteiger partial charge in [-0.15, -0.1) is 0 Å². The summed E-state index contributed by atoms with van der Waals surface area (Å²) in [6, 6.07) is 9.45. The molecule has 1 unspecified atom stereocenters. The Morgan fingerprint density at radius 1 is 1.33 bits per heavy atom. The van der Waals surface area contributed by atoms with E-state index in [2.05, 4.69) is 4.99 Å². The third-order valence-electron chi connectivity index (χ3n) is 1.84. The predicted molar refractivity (Wildman–Crippen MR) is 58.1 cm³/mol. The molecule has 0 aliphatic heterocycles. The molecule has 80 valence electrons. The minimum absolute atomic E-state index is 0.415. The van der Waals surface area contributed by atoms with Gasteiger partial charge in [-0.1, -0.05) is 44.2 Å². The van der Waals surface area contributed by atoms with Crippen molar-refractivity contribution < 1.29 is 9.53 Å². The predicted octanol–water partition coefficient (Wildman–Crippen LogP) is 2.69. The van der Waals surface area contributed by atoms with Crippen LogP contribution in [0, 0.1) is 5.92 Å². The summed E-state index contributed by atoms with van der Waals surface area (Å²) in [5, 5.41) is 0. The second kappa shape index (κ2) is 6.12. The van der Waals surface area contributed by atoms with Crippen molar-refractivity contribution in [2.24, 2.45) is 10.9 Å². The summed E-state index contributed by atoms with van der Waals surface area (Å²) in [5.74, 6) is 0.415. The number of nitrogens with zero attached hydrogens (tertiary/aromatic N) is 1. The van der Waals surface area contributed by atoms with Gasteiger partial charge in [0.1, 0.15) is 0 Å². The molecule has 1 aromatic carbocycles. The maximum absolute atomic E-state index is 10.3. The highest BCUT2D eigenvalue weighted by Crippen LogP contribution is 2.18. The smallest absolute Gasteiger partial charge is 0.238 e. The van der Waals surface area contributed by atoms with Crippen LogP contribution in [0.5, 0.6) is 0 Å². The molecule has 0 saturated heterocycles. The van der Waals surface area contributed by atoms with Gasteiger partial charge < -0.3 is 4.74 Å². The Morgan fingerprint density at radius 3 is 2.53 bits per heavy atom. The molecule has 0 spiro atoms. The number of rotatable bonds is 5. The van der Waals surface area contributed by atoms with E-state index in [1.54, 1.807) is 6.08 Å². The summed E-state index contributed by atoms with van der Waals surface area (Å²) >= 11 is 0. The summed E-state index contributed by atoms with van der Waals surface area (Å²) < 4.78 is 5.50. The SMILES string of the molecule is CC(C)COC(N=C=O)c1ccccc1. The topological polar surface area (TPSA) is 38.7 Å². The monoisotopic (exact) mass is 205 g/mol. The molecular weight excluding hydrogens is 190 g/mol. The molecule has 1 rings (SSSR count). The van der Waals surface area contributed by atoms with Crippen molar-refractivity contribution in [1.82, 2.24) is 0 Å². The number of carbonyl (C=O) groups excluding carboxylic acids is 1. The van der Waals surface area contributed by atoms with Crippen LogP contribution in [-0.2, 0) is 9.53 Å². The van der Waals surface area contributed by atoms with Crippen molar-refractivity contribution in [3.05, 3.63) is 35.9 Å². The summed E-state index contributed by atoms with van der Waals surface area (Å²) in [6.45, 7) is 4.67. The molecule has 3 nitrogen and oxygen atoms in total. The Balaban J connectivity index is 2.70. The molecule has 0 bridgehead atoms.